The van der Waals surface area contributed by atoms with Gasteiger partial charge in [0.05, 0.1) is 5.69 Å². The molecule has 0 unspecified atom stereocenters. The second-order valence-corrected chi connectivity index (χ2v) is 4.48. The largest absolute Gasteiger partial charge is 0.317 e. The number of nitrogens with one attached hydrogen (secondary N) is 2. The van der Waals surface area contributed by atoms with Crippen molar-refractivity contribution in [3.8, 4) is 0 Å². The van der Waals surface area contributed by atoms with Crippen LogP contribution in [0.5, 0.6) is 0 Å². The summed E-state index contributed by atoms with van der Waals surface area (Å²) < 4.78 is 0. The molecule has 0 bridgehead atoms. The molecule has 4 nitrogen and oxygen atoms in total. The Morgan fingerprint density at radius 1 is 1.29 bits per heavy atom. The molecule has 1 aliphatic rings. The van der Waals surface area contributed by atoms with E-state index in [9.17, 15) is 0 Å². The van der Waals surface area contributed by atoms with Crippen molar-refractivity contribution in [2.45, 2.75) is 19.4 Å². The summed E-state index contributed by atoms with van der Waals surface area (Å²) in [6, 6.07) is 0. The fourth-order valence-electron chi connectivity index (χ4n) is 1.95. The van der Waals surface area contributed by atoms with E-state index in [1.807, 2.05) is 0 Å². The topological polar surface area (TPSA) is 49.8 Å². The molecule has 1 fully saturated rings. The zero-order valence-corrected chi connectivity index (χ0v) is 11.2. The number of piperidine rings is 1. The molecule has 96 valence electrons. The molecule has 0 spiro atoms. The Balaban J connectivity index is 0.00000144. The van der Waals surface area contributed by atoms with Crippen LogP contribution in [-0.2, 0) is 6.54 Å². The van der Waals surface area contributed by atoms with Gasteiger partial charge in [0.1, 0.15) is 0 Å². The molecule has 0 aliphatic carbocycles. The minimum absolute atomic E-state index is 0. The Morgan fingerprint density at radius 2 is 2.00 bits per heavy atom. The second-order valence-electron chi connectivity index (χ2n) is 4.12. The summed E-state index contributed by atoms with van der Waals surface area (Å²) in [5, 5.41) is 7.26. The van der Waals surface area contributed by atoms with Crippen molar-refractivity contribution < 1.29 is 0 Å². The van der Waals surface area contributed by atoms with Gasteiger partial charge >= 0.3 is 0 Å². The monoisotopic (exact) mass is 276 g/mol. The Labute approximate surface area is 113 Å². The molecule has 0 radical (unpaired) electrons. The van der Waals surface area contributed by atoms with Gasteiger partial charge in [-0.3, -0.25) is 4.98 Å². The fraction of sp³-hybridized carbons (Fsp3) is 0.636. The van der Waals surface area contributed by atoms with Gasteiger partial charge in [-0.2, -0.15) is 0 Å². The minimum Gasteiger partial charge on any atom is -0.317 e. The Kier molecular flexibility index (Phi) is 6.73. The van der Waals surface area contributed by atoms with Crippen molar-refractivity contribution in [1.82, 2.24) is 20.6 Å². The standard InChI is InChI=1S/C11H17ClN4.ClH/c12-11-10(15-5-6-16-11)8-14-7-9-1-3-13-4-2-9;/h5-6,9,13-14H,1-4,7-8H2;1H. The number of halogens is 2. The maximum absolute atomic E-state index is 5.92. The van der Waals surface area contributed by atoms with Crippen molar-refractivity contribution in [1.29, 1.82) is 0 Å². The molecule has 1 aromatic heterocycles. The van der Waals surface area contributed by atoms with E-state index in [-0.39, 0.29) is 12.4 Å². The van der Waals surface area contributed by atoms with Crippen molar-refractivity contribution in [2.24, 2.45) is 5.92 Å². The first-order valence-electron chi connectivity index (χ1n) is 5.73. The highest BCUT2D eigenvalue weighted by molar-refractivity contribution is 6.29. The Morgan fingerprint density at radius 3 is 2.71 bits per heavy atom. The van der Waals surface area contributed by atoms with Crippen LogP contribution in [0.2, 0.25) is 5.15 Å². The Bertz CT molecular complexity index is 329. The molecule has 2 N–H and O–H groups in total. The fourth-order valence-corrected chi connectivity index (χ4v) is 2.12. The van der Waals surface area contributed by atoms with Gasteiger partial charge in [-0.25, -0.2) is 4.98 Å². The van der Waals surface area contributed by atoms with Gasteiger partial charge in [0.2, 0.25) is 0 Å². The SMILES string of the molecule is Cl.Clc1nccnc1CNCC1CCNCC1. The third-order valence-electron chi connectivity index (χ3n) is 2.91. The molecule has 1 saturated heterocycles. The van der Waals surface area contributed by atoms with Gasteiger partial charge in [0.15, 0.2) is 5.15 Å². The lowest BCUT2D eigenvalue weighted by Gasteiger charge is -2.22. The Hall–Kier alpha value is -0.420. The summed E-state index contributed by atoms with van der Waals surface area (Å²) in [5.74, 6) is 0.775. The van der Waals surface area contributed by atoms with E-state index in [4.69, 9.17) is 11.6 Å². The smallest absolute Gasteiger partial charge is 0.151 e. The maximum atomic E-state index is 5.92. The zero-order chi connectivity index (χ0) is 11.2. The first kappa shape index (κ1) is 14.6. The van der Waals surface area contributed by atoms with E-state index < -0.39 is 0 Å². The molecule has 1 aromatic rings. The van der Waals surface area contributed by atoms with Crippen molar-refractivity contribution in [2.75, 3.05) is 19.6 Å². The summed E-state index contributed by atoms with van der Waals surface area (Å²) in [7, 11) is 0. The van der Waals surface area contributed by atoms with Crippen LogP contribution in [0.15, 0.2) is 12.4 Å². The molecule has 2 rings (SSSR count). The zero-order valence-electron chi connectivity index (χ0n) is 9.66. The second kappa shape index (κ2) is 7.82. The number of aromatic nitrogens is 2. The third-order valence-corrected chi connectivity index (χ3v) is 3.22. The molecule has 2 heterocycles. The van der Waals surface area contributed by atoms with E-state index >= 15 is 0 Å². The minimum atomic E-state index is 0. The summed E-state index contributed by atoms with van der Waals surface area (Å²) in [4.78, 5) is 8.19. The highest BCUT2D eigenvalue weighted by atomic mass is 35.5. The van der Waals surface area contributed by atoms with Gasteiger partial charge in [-0.15, -0.1) is 12.4 Å². The summed E-state index contributed by atoms with van der Waals surface area (Å²) in [6.45, 7) is 4.02. The first-order valence-corrected chi connectivity index (χ1v) is 6.11. The highest BCUT2D eigenvalue weighted by Crippen LogP contribution is 2.11. The van der Waals surface area contributed by atoms with Gasteiger partial charge in [-0.1, -0.05) is 11.6 Å². The molecule has 0 atom stereocenters. The van der Waals surface area contributed by atoms with Crippen LogP contribution >= 0.6 is 24.0 Å². The third kappa shape index (κ3) is 4.76. The number of hydrogen-bond acceptors (Lipinski definition) is 4. The normalized spacial score (nSPS) is 16.5. The van der Waals surface area contributed by atoms with Crippen molar-refractivity contribution in [3.05, 3.63) is 23.2 Å². The van der Waals surface area contributed by atoms with Gasteiger partial charge < -0.3 is 10.6 Å². The van der Waals surface area contributed by atoms with Crippen LogP contribution in [-0.4, -0.2) is 29.6 Å². The highest BCUT2D eigenvalue weighted by Gasteiger charge is 2.12. The van der Waals surface area contributed by atoms with Crippen LogP contribution in [0.1, 0.15) is 18.5 Å². The molecule has 0 amide bonds. The lowest BCUT2D eigenvalue weighted by molar-refractivity contribution is 0.356. The summed E-state index contributed by atoms with van der Waals surface area (Å²) in [6.07, 6.45) is 5.79. The van der Waals surface area contributed by atoms with E-state index in [0.717, 1.165) is 31.2 Å². The van der Waals surface area contributed by atoms with Crippen LogP contribution in [0, 0.1) is 5.92 Å². The van der Waals surface area contributed by atoms with E-state index in [1.165, 1.54) is 12.8 Å². The van der Waals surface area contributed by atoms with Crippen LogP contribution < -0.4 is 10.6 Å². The first-order chi connectivity index (χ1) is 7.86. The van der Waals surface area contributed by atoms with Gasteiger partial charge in [0, 0.05) is 18.9 Å². The molecular formula is C11H18Cl2N4. The van der Waals surface area contributed by atoms with Crippen LogP contribution in [0.3, 0.4) is 0 Å². The molecular weight excluding hydrogens is 259 g/mol. The predicted molar refractivity (Wildman–Crippen MR) is 71.6 cm³/mol. The van der Waals surface area contributed by atoms with E-state index in [2.05, 4.69) is 20.6 Å². The number of nitrogens with zero attached hydrogens (tertiary/aromatic N) is 2. The lowest BCUT2D eigenvalue weighted by atomic mass is 9.98. The average Bonchev–Trinajstić information content (AvgIpc) is 2.33. The molecule has 1 aliphatic heterocycles. The van der Waals surface area contributed by atoms with E-state index in [1.54, 1.807) is 12.4 Å². The van der Waals surface area contributed by atoms with Gasteiger partial charge in [0.25, 0.3) is 0 Å². The summed E-state index contributed by atoms with van der Waals surface area (Å²) in [5.41, 5.74) is 0.832. The molecule has 6 heteroatoms. The van der Waals surface area contributed by atoms with Gasteiger partial charge in [-0.05, 0) is 38.4 Å². The predicted octanol–water partition coefficient (Wildman–Crippen LogP) is 1.64. The van der Waals surface area contributed by atoms with Crippen molar-refractivity contribution in [3.63, 3.8) is 0 Å². The van der Waals surface area contributed by atoms with Crippen molar-refractivity contribution >= 4 is 24.0 Å². The average molecular weight is 277 g/mol. The van der Waals surface area contributed by atoms with Crippen LogP contribution in [0.25, 0.3) is 0 Å². The lowest BCUT2D eigenvalue weighted by Crippen LogP contribution is -2.33. The molecule has 0 saturated carbocycles. The van der Waals surface area contributed by atoms with Crippen LogP contribution in [0.4, 0.5) is 0 Å². The number of rotatable bonds is 4. The summed E-state index contributed by atoms with van der Waals surface area (Å²) >= 11 is 5.92. The molecule has 0 aromatic carbocycles. The molecule has 17 heavy (non-hydrogen) atoms. The quantitative estimate of drug-likeness (QED) is 0.878. The van der Waals surface area contributed by atoms with E-state index in [0.29, 0.717) is 11.7 Å². The number of hydrogen-bond donors (Lipinski definition) is 2. The maximum Gasteiger partial charge on any atom is 0.151 e.